The van der Waals surface area contributed by atoms with Gasteiger partial charge < -0.3 is 14.6 Å². The Morgan fingerprint density at radius 3 is 2.78 bits per heavy atom. The predicted octanol–water partition coefficient (Wildman–Crippen LogP) is 2.34. The lowest BCUT2D eigenvalue weighted by Gasteiger charge is -2.26. The Morgan fingerprint density at radius 2 is 2.11 bits per heavy atom. The summed E-state index contributed by atoms with van der Waals surface area (Å²) in [6.07, 6.45) is 1.68. The SMILES string of the molecule is CC(C)Cn1c(CN2CCOCC2)nnc1S[C@H](C)C(=O)Nc1nccs1. The Kier molecular flexibility index (Phi) is 7.22. The number of aromatic nitrogens is 4. The summed E-state index contributed by atoms with van der Waals surface area (Å²) in [5.41, 5.74) is 0. The van der Waals surface area contributed by atoms with E-state index in [4.69, 9.17) is 4.74 Å². The fourth-order valence-corrected chi connectivity index (χ4v) is 4.14. The van der Waals surface area contributed by atoms with Crippen LogP contribution in [0.5, 0.6) is 0 Å². The molecule has 0 aliphatic carbocycles. The topological polar surface area (TPSA) is 85.2 Å². The summed E-state index contributed by atoms with van der Waals surface area (Å²) in [4.78, 5) is 18.9. The van der Waals surface area contributed by atoms with Gasteiger partial charge in [0.05, 0.1) is 25.0 Å². The standard InChI is InChI=1S/C17H26N6O2S2/c1-12(2)10-23-14(11-22-5-7-25-8-6-22)20-21-17(23)27-13(3)15(24)19-16-18-4-9-26-16/h4,9,12-13H,5-8,10-11H2,1-3H3,(H,18,19,24)/t13-/m1/s1. The number of anilines is 1. The largest absolute Gasteiger partial charge is 0.379 e. The highest BCUT2D eigenvalue weighted by molar-refractivity contribution is 8.00. The van der Waals surface area contributed by atoms with Crippen molar-refractivity contribution in [2.24, 2.45) is 5.92 Å². The van der Waals surface area contributed by atoms with Gasteiger partial charge in [-0.05, 0) is 12.8 Å². The van der Waals surface area contributed by atoms with Crippen LogP contribution in [0.3, 0.4) is 0 Å². The van der Waals surface area contributed by atoms with Gasteiger partial charge in [0, 0.05) is 31.2 Å². The summed E-state index contributed by atoms with van der Waals surface area (Å²) in [5.74, 6) is 1.33. The molecule has 2 aromatic heterocycles. The van der Waals surface area contributed by atoms with Gasteiger partial charge in [0.1, 0.15) is 5.82 Å². The highest BCUT2D eigenvalue weighted by atomic mass is 32.2. The molecule has 1 atom stereocenters. The summed E-state index contributed by atoms with van der Waals surface area (Å²) in [5, 5.41) is 14.6. The van der Waals surface area contributed by atoms with Gasteiger partial charge in [-0.2, -0.15) is 0 Å². The molecule has 8 nitrogen and oxygen atoms in total. The van der Waals surface area contributed by atoms with E-state index in [9.17, 15) is 4.79 Å². The van der Waals surface area contributed by atoms with Gasteiger partial charge in [-0.3, -0.25) is 9.69 Å². The average molecular weight is 411 g/mol. The molecule has 1 aliphatic heterocycles. The maximum Gasteiger partial charge on any atom is 0.239 e. The second-order valence-corrected chi connectivity index (χ2v) is 9.08. The molecule has 1 aliphatic rings. The Labute approximate surface area is 167 Å². The van der Waals surface area contributed by atoms with Gasteiger partial charge in [0.25, 0.3) is 0 Å². The normalized spacial score (nSPS) is 16.6. The number of thiazole rings is 1. The van der Waals surface area contributed by atoms with Crippen molar-refractivity contribution in [1.29, 1.82) is 0 Å². The predicted molar refractivity (Wildman–Crippen MR) is 107 cm³/mol. The first-order valence-electron chi connectivity index (χ1n) is 9.12. The Hall–Kier alpha value is -1.49. The van der Waals surface area contributed by atoms with E-state index in [1.807, 2.05) is 12.3 Å². The number of hydrogen-bond donors (Lipinski definition) is 1. The lowest BCUT2D eigenvalue weighted by Crippen LogP contribution is -2.36. The number of ether oxygens (including phenoxy) is 1. The number of amides is 1. The van der Waals surface area contributed by atoms with Crippen LogP contribution in [-0.4, -0.2) is 62.1 Å². The number of nitrogens with one attached hydrogen (secondary N) is 1. The molecule has 0 bridgehead atoms. The van der Waals surface area contributed by atoms with Crippen molar-refractivity contribution < 1.29 is 9.53 Å². The molecule has 10 heteroatoms. The molecule has 1 fully saturated rings. The number of nitrogens with zero attached hydrogens (tertiary/aromatic N) is 5. The zero-order valence-corrected chi connectivity index (χ0v) is 17.6. The number of thioether (sulfide) groups is 1. The molecule has 148 valence electrons. The van der Waals surface area contributed by atoms with Crippen molar-refractivity contribution in [3.05, 3.63) is 17.4 Å². The van der Waals surface area contributed by atoms with Crippen molar-refractivity contribution in [2.75, 3.05) is 31.6 Å². The molecule has 0 unspecified atom stereocenters. The molecule has 2 aromatic rings. The van der Waals surface area contributed by atoms with Crippen LogP contribution >= 0.6 is 23.1 Å². The Morgan fingerprint density at radius 1 is 1.33 bits per heavy atom. The minimum atomic E-state index is -0.291. The quantitative estimate of drug-likeness (QED) is 0.669. The smallest absolute Gasteiger partial charge is 0.239 e. The average Bonchev–Trinajstić information content (AvgIpc) is 3.27. The van der Waals surface area contributed by atoms with Crippen LogP contribution in [0.25, 0.3) is 0 Å². The minimum absolute atomic E-state index is 0.0798. The van der Waals surface area contributed by atoms with E-state index in [1.54, 1.807) is 6.20 Å². The third-order valence-corrected chi connectivity index (χ3v) is 5.89. The van der Waals surface area contributed by atoms with Crippen LogP contribution in [0.2, 0.25) is 0 Å². The number of carbonyl (C=O) groups excluding carboxylic acids is 1. The third kappa shape index (κ3) is 5.74. The third-order valence-electron chi connectivity index (χ3n) is 4.12. The second-order valence-electron chi connectivity index (χ2n) is 6.88. The van der Waals surface area contributed by atoms with E-state index >= 15 is 0 Å². The van der Waals surface area contributed by atoms with Crippen molar-refractivity contribution in [3.8, 4) is 0 Å². The molecular formula is C17H26N6O2S2. The molecule has 1 saturated heterocycles. The van der Waals surface area contributed by atoms with Crippen LogP contribution in [0.15, 0.2) is 16.7 Å². The van der Waals surface area contributed by atoms with Crippen molar-refractivity contribution >= 4 is 34.1 Å². The summed E-state index contributed by atoms with van der Waals surface area (Å²) < 4.78 is 7.57. The van der Waals surface area contributed by atoms with Crippen molar-refractivity contribution in [3.63, 3.8) is 0 Å². The Bertz CT molecular complexity index is 728. The number of rotatable bonds is 8. The number of carbonyl (C=O) groups is 1. The van der Waals surface area contributed by atoms with Crippen molar-refractivity contribution in [2.45, 2.75) is 44.3 Å². The first-order valence-corrected chi connectivity index (χ1v) is 10.9. The van der Waals surface area contributed by atoms with E-state index in [1.165, 1.54) is 23.1 Å². The van der Waals surface area contributed by atoms with Crippen LogP contribution in [0, 0.1) is 5.92 Å². The maximum atomic E-state index is 12.4. The molecule has 3 rings (SSSR count). The zero-order chi connectivity index (χ0) is 19.2. The van der Waals surface area contributed by atoms with Crippen molar-refractivity contribution in [1.82, 2.24) is 24.6 Å². The van der Waals surface area contributed by atoms with E-state index in [0.29, 0.717) is 11.0 Å². The lowest BCUT2D eigenvalue weighted by atomic mass is 10.2. The van der Waals surface area contributed by atoms with Crippen LogP contribution in [-0.2, 0) is 22.6 Å². The number of morpholine rings is 1. The van der Waals surface area contributed by atoms with Gasteiger partial charge >= 0.3 is 0 Å². The first kappa shape index (κ1) is 20.2. The van der Waals surface area contributed by atoms with Gasteiger partial charge in [-0.25, -0.2) is 4.98 Å². The van der Waals surface area contributed by atoms with Crippen LogP contribution < -0.4 is 5.32 Å². The molecule has 0 radical (unpaired) electrons. The van der Waals surface area contributed by atoms with Gasteiger partial charge in [-0.15, -0.1) is 21.5 Å². The summed E-state index contributed by atoms with van der Waals surface area (Å²) in [6.45, 7) is 11.1. The summed E-state index contributed by atoms with van der Waals surface area (Å²) in [7, 11) is 0. The molecule has 0 aromatic carbocycles. The minimum Gasteiger partial charge on any atom is -0.379 e. The second kappa shape index (κ2) is 9.63. The summed E-state index contributed by atoms with van der Waals surface area (Å²) >= 11 is 2.84. The number of hydrogen-bond acceptors (Lipinski definition) is 8. The van der Waals surface area contributed by atoms with E-state index < -0.39 is 0 Å². The molecule has 1 amide bonds. The van der Waals surface area contributed by atoms with E-state index in [2.05, 4.69) is 43.8 Å². The molecule has 3 heterocycles. The van der Waals surface area contributed by atoms with Gasteiger partial charge in [0.15, 0.2) is 10.3 Å². The molecular weight excluding hydrogens is 384 g/mol. The Balaban J connectivity index is 1.68. The highest BCUT2D eigenvalue weighted by Gasteiger charge is 2.22. The molecule has 0 spiro atoms. The lowest BCUT2D eigenvalue weighted by molar-refractivity contribution is -0.115. The summed E-state index contributed by atoms with van der Waals surface area (Å²) in [6, 6.07) is 0. The highest BCUT2D eigenvalue weighted by Crippen LogP contribution is 2.25. The zero-order valence-electron chi connectivity index (χ0n) is 15.9. The maximum absolute atomic E-state index is 12.4. The molecule has 27 heavy (non-hydrogen) atoms. The van der Waals surface area contributed by atoms with Gasteiger partial charge in [-0.1, -0.05) is 25.6 Å². The molecule has 0 saturated carbocycles. The monoisotopic (exact) mass is 410 g/mol. The fourth-order valence-electron chi connectivity index (χ4n) is 2.73. The first-order chi connectivity index (χ1) is 13.0. The van der Waals surface area contributed by atoms with Crippen LogP contribution in [0.4, 0.5) is 5.13 Å². The van der Waals surface area contributed by atoms with Gasteiger partial charge in [0.2, 0.25) is 5.91 Å². The fraction of sp³-hybridized carbons (Fsp3) is 0.647. The van der Waals surface area contributed by atoms with Crippen LogP contribution in [0.1, 0.15) is 26.6 Å². The van der Waals surface area contributed by atoms with E-state index in [0.717, 1.165) is 50.4 Å². The van der Waals surface area contributed by atoms with E-state index in [-0.39, 0.29) is 11.2 Å². The molecule has 1 N–H and O–H groups in total.